The van der Waals surface area contributed by atoms with Crippen LogP contribution in [0.2, 0.25) is 0 Å². The molecule has 5 nitrogen and oxygen atoms in total. The van der Waals surface area contributed by atoms with Crippen LogP contribution in [-0.2, 0) is 6.54 Å². The molecule has 2 heterocycles. The SMILES string of the molecule is CCCCNC(=O)c1ccc(NCc2ccncc2)nc1. The molecule has 0 aromatic carbocycles. The molecule has 0 aliphatic rings. The highest BCUT2D eigenvalue weighted by Gasteiger charge is 2.05. The van der Waals surface area contributed by atoms with Gasteiger partial charge in [-0.25, -0.2) is 4.98 Å². The molecule has 0 unspecified atom stereocenters. The highest BCUT2D eigenvalue weighted by Crippen LogP contribution is 2.07. The Morgan fingerprint density at radius 2 is 2.00 bits per heavy atom. The lowest BCUT2D eigenvalue weighted by atomic mass is 10.2. The number of carbonyl (C=O) groups is 1. The zero-order valence-corrected chi connectivity index (χ0v) is 12.2. The van der Waals surface area contributed by atoms with Gasteiger partial charge >= 0.3 is 0 Å². The quantitative estimate of drug-likeness (QED) is 0.767. The maximum absolute atomic E-state index is 11.8. The Morgan fingerprint density at radius 1 is 1.19 bits per heavy atom. The fourth-order valence-electron chi connectivity index (χ4n) is 1.81. The molecule has 2 aromatic heterocycles. The number of hydrogen-bond acceptors (Lipinski definition) is 4. The molecule has 0 bridgehead atoms. The number of carbonyl (C=O) groups excluding carboxylic acids is 1. The molecule has 1 amide bonds. The Balaban J connectivity index is 1.85. The second-order valence-corrected chi connectivity index (χ2v) is 4.75. The summed E-state index contributed by atoms with van der Waals surface area (Å²) in [7, 11) is 0. The van der Waals surface area contributed by atoms with Gasteiger partial charge in [-0.1, -0.05) is 13.3 Å². The monoisotopic (exact) mass is 284 g/mol. The second-order valence-electron chi connectivity index (χ2n) is 4.75. The Bertz CT molecular complexity index is 554. The summed E-state index contributed by atoms with van der Waals surface area (Å²) in [5.74, 6) is 0.675. The zero-order chi connectivity index (χ0) is 14.9. The van der Waals surface area contributed by atoms with Crippen molar-refractivity contribution in [2.45, 2.75) is 26.3 Å². The summed E-state index contributed by atoms with van der Waals surface area (Å²) in [4.78, 5) is 20.1. The van der Waals surface area contributed by atoms with Crippen molar-refractivity contribution in [3.8, 4) is 0 Å². The summed E-state index contributed by atoms with van der Waals surface area (Å²) in [6.07, 6.45) is 7.17. The standard InChI is InChI=1S/C16H20N4O/c1-2-3-8-18-16(21)14-4-5-15(20-12-14)19-11-13-6-9-17-10-7-13/h4-7,9-10,12H,2-3,8,11H2,1H3,(H,18,21)(H,19,20). The molecular formula is C16H20N4O. The Kier molecular flexibility index (Phi) is 5.70. The van der Waals surface area contributed by atoms with Gasteiger partial charge < -0.3 is 10.6 Å². The topological polar surface area (TPSA) is 66.9 Å². The number of nitrogens with one attached hydrogen (secondary N) is 2. The van der Waals surface area contributed by atoms with Crippen LogP contribution in [0.5, 0.6) is 0 Å². The minimum Gasteiger partial charge on any atom is -0.366 e. The van der Waals surface area contributed by atoms with Crippen LogP contribution in [0, 0.1) is 0 Å². The molecule has 2 aromatic rings. The lowest BCUT2D eigenvalue weighted by molar-refractivity contribution is 0.0953. The molecule has 2 N–H and O–H groups in total. The van der Waals surface area contributed by atoms with Gasteiger partial charge in [0.25, 0.3) is 5.91 Å². The number of aromatic nitrogens is 2. The van der Waals surface area contributed by atoms with Gasteiger partial charge in [0.15, 0.2) is 0 Å². The summed E-state index contributed by atoms with van der Waals surface area (Å²) in [6, 6.07) is 7.49. The third-order valence-electron chi connectivity index (χ3n) is 3.06. The number of rotatable bonds is 7. The van der Waals surface area contributed by atoms with Crippen LogP contribution in [-0.4, -0.2) is 22.4 Å². The van der Waals surface area contributed by atoms with Crippen molar-refractivity contribution < 1.29 is 4.79 Å². The Labute approximate surface area is 124 Å². The number of nitrogens with zero attached hydrogens (tertiary/aromatic N) is 2. The van der Waals surface area contributed by atoms with Crippen LogP contribution in [0.1, 0.15) is 35.7 Å². The van der Waals surface area contributed by atoms with E-state index in [1.165, 1.54) is 0 Å². The molecule has 21 heavy (non-hydrogen) atoms. The molecule has 0 aliphatic heterocycles. The van der Waals surface area contributed by atoms with Crippen molar-refractivity contribution in [3.63, 3.8) is 0 Å². The van der Waals surface area contributed by atoms with E-state index in [2.05, 4.69) is 27.5 Å². The molecule has 110 valence electrons. The van der Waals surface area contributed by atoms with Crippen LogP contribution >= 0.6 is 0 Å². The number of unbranched alkanes of at least 4 members (excludes halogenated alkanes) is 1. The first-order chi connectivity index (χ1) is 10.3. The van der Waals surface area contributed by atoms with Crippen LogP contribution in [0.3, 0.4) is 0 Å². The van der Waals surface area contributed by atoms with E-state index in [4.69, 9.17) is 0 Å². The van der Waals surface area contributed by atoms with E-state index in [0.29, 0.717) is 18.7 Å². The van der Waals surface area contributed by atoms with E-state index < -0.39 is 0 Å². The number of hydrogen-bond donors (Lipinski definition) is 2. The van der Waals surface area contributed by atoms with Crippen LogP contribution in [0.15, 0.2) is 42.9 Å². The average Bonchev–Trinajstić information content (AvgIpc) is 2.54. The molecule has 0 atom stereocenters. The van der Waals surface area contributed by atoms with Gasteiger partial charge in [0.05, 0.1) is 5.56 Å². The Hall–Kier alpha value is -2.43. The van der Waals surface area contributed by atoms with Crippen molar-refractivity contribution in [1.29, 1.82) is 0 Å². The summed E-state index contributed by atoms with van der Waals surface area (Å²) < 4.78 is 0. The van der Waals surface area contributed by atoms with Crippen molar-refractivity contribution in [2.75, 3.05) is 11.9 Å². The molecule has 0 aliphatic carbocycles. The van der Waals surface area contributed by atoms with Gasteiger partial charge in [-0.05, 0) is 36.2 Å². The van der Waals surface area contributed by atoms with E-state index in [-0.39, 0.29) is 5.91 Å². The normalized spacial score (nSPS) is 10.1. The van der Waals surface area contributed by atoms with E-state index >= 15 is 0 Å². The first-order valence-electron chi connectivity index (χ1n) is 7.16. The lowest BCUT2D eigenvalue weighted by Gasteiger charge is -2.07. The summed E-state index contributed by atoms with van der Waals surface area (Å²) in [6.45, 7) is 3.48. The fraction of sp³-hybridized carbons (Fsp3) is 0.312. The van der Waals surface area contributed by atoms with Gasteiger partial charge in [0, 0.05) is 31.7 Å². The van der Waals surface area contributed by atoms with E-state index in [9.17, 15) is 4.79 Å². The smallest absolute Gasteiger partial charge is 0.252 e. The molecule has 0 saturated carbocycles. The third-order valence-corrected chi connectivity index (χ3v) is 3.06. The highest BCUT2D eigenvalue weighted by atomic mass is 16.1. The van der Waals surface area contributed by atoms with Gasteiger partial charge in [0.1, 0.15) is 5.82 Å². The van der Waals surface area contributed by atoms with Gasteiger partial charge in [-0.2, -0.15) is 0 Å². The Morgan fingerprint density at radius 3 is 2.67 bits per heavy atom. The van der Waals surface area contributed by atoms with Crippen LogP contribution in [0.4, 0.5) is 5.82 Å². The first kappa shape index (κ1) is 15.0. The van der Waals surface area contributed by atoms with E-state index in [1.807, 2.05) is 18.2 Å². The van der Waals surface area contributed by atoms with Crippen LogP contribution in [0.25, 0.3) is 0 Å². The van der Waals surface area contributed by atoms with Gasteiger partial charge in [-0.3, -0.25) is 9.78 Å². The van der Waals surface area contributed by atoms with E-state index in [0.717, 1.165) is 24.2 Å². The van der Waals surface area contributed by atoms with Crippen molar-refractivity contribution >= 4 is 11.7 Å². The van der Waals surface area contributed by atoms with Crippen molar-refractivity contribution in [1.82, 2.24) is 15.3 Å². The predicted molar refractivity (Wildman–Crippen MR) is 83.0 cm³/mol. The highest BCUT2D eigenvalue weighted by molar-refractivity contribution is 5.93. The molecule has 0 radical (unpaired) electrons. The second kappa shape index (κ2) is 7.99. The minimum atomic E-state index is -0.0726. The minimum absolute atomic E-state index is 0.0726. The summed E-state index contributed by atoms with van der Waals surface area (Å²) >= 11 is 0. The van der Waals surface area contributed by atoms with Crippen molar-refractivity contribution in [3.05, 3.63) is 54.0 Å². The maximum Gasteiger partial charge on any atom is 0.252 e. The lowest BCUT2D eigenvalue weighted by Crippen LogP contribution is -2.24. The molecule has 0 spiro atoms. The summed E-state index contributed by atoms with van der Waals surface area (Å²) in [5, 5.41) is 6.08. The zero-order valence-electron chi connectivity index (χ0n) is 12.2. The number of pyridine rings is 2. The summed E-state index contributed by atoms with van der Waals surface area (Å²) in [5.41, 5.74) is 1.72. The maximum atomic E-state index is 11.8. The fourth-order valence-corrected chi connectivity index (χ4v) is 1.81. The molecule has 5 heteroatoms. The van der Waals surface area contributed by atoms with Gasteiger partial charge in [0.2, 0.25) is 0 Å². The third kappa shape index (κ3) is 4.87. The molecule has 0 saturated heterocycles. The molecule has 0 fully saturated rings. The number of anilines is 1. The van der Waals surface area contributed by atoms with Gasteiger partial charge in [-0.15, -0.1) is 0 Å². The number of amides is 1. The first-order valence-corrected chi connectivity index (χ1v) is 7.16. The average molecular weight is 284 g/mol. The predicted octanol–water partition coefficient (Wildman–Crippen LogP) is 2.62. The van der Waals surface area contributed by atoms with E-state index in [1.54, 1.807) is 24.7 Å². The van der Waals surface area contributed by atoms with Crippen molar-refractivity contribution in [2.24, 2.45) is 0 Å². The largest absolute Gasteiger partial charge is 0.366 e. The van der Waals surface area contributed by atoms with Crippen LogP contribution < -0.4 is 10.6 Å². The molecular weight excluding hydrogens is 264 g/mol. The molecule has 2 rings (SSSR count).